The molecule has 2 aromatic carbocycles. The molecule has 0 unspecified atom stereocenters. The number of pyridine rings is 1. The van der Waals surface area contributed by atoms with E-state index in [1.807, 2.05) is 31.4 Å². The number of phenolic OH excluding ortho intramolecular Hbond substituents is 1. The van der Waals surface area contributed by atoms with E-state index in [1.165, 1.54) is 18.5 Å². The van der Waals surface area contributed by atoms with Crippen LogP contribution < -0.4 is 0 Å². The van der Waals surface area contributed by atoms with E-state index in [-0.39, 0.29) is 11.6 Å². The maximum Gasteiger partial charge on any atom is 0.182 e. The highest BCUT2D eigenvalue weighted by Gasteiger charge is 2.22. The summed E-state index contributed by atoms with van der Waals surface area (Å²) in [5.74, 6) is -0.141. The van der Waals surface area contributed by atoms with Crippen molar-refractivity contribution in [2.45, 2.75) is 0 Å². The van der Waals surface area contributed by atoms with Crippen molar-refractivity contribution in [1.29, 1.82) is 0 Å². The summed E-state index contributed by atoms with van der Waals surface area (Å²) in [5.41, 5.74) is 5.19. The average molecular weight is 397 g/mol. The Bertz CT molecular complexity index is 1350. The molecule has 0 bridgehead atoms. The van der Waals surface area contributed by atoms with Crippen molar-refractivity contribution in [3.63, 3.8) is 0 Å². The second-order valence-electron chi connectivity index (χ2n) is 6.90. The topological polar surface area (TPSA) is 76.7 Å². The van der Waals surface area contributed by atoms with Gasteiger partial charge in [0.15, 0.2) is 5.65 Å². The molecular weight excluding hydrogens is 381 g/mol. The highest BCUT2D eigenvalue weighted by atomic mass is 19.1. The minimum Gasteiger partial charge on any atom is -0.508 e. The minimum atomic E-state index is -0.319. The molecule has 6 nitrogen and oxygen atoms in total. The molecule has 0 aliphatic carbocycles. The zero-order valence-corrected chi connectivity index (χ0v) is 16.0. The molecule has 0 spiro atoms. The summed E-state index contributed by atoms with van der Waals surface area (Å²) in [5, 5.41) is 15.1. The number of phenols is 1. The van der Waals surface area contributed by atoms with Gasteiger partial charge in [-0.05, 0) is 48.0 Å². The quantitative estimate of drug-likeness (QED) is 0.481. The van der Waals surface area contributed by atoms with Gasteiger partial charge in [0.1, 0.15) is 17.9 Å². The predicted molar refractivity (Wildman–Crippen MR) is 112 cm³/mol. The minimum absolute atomic E-state index is 0.178. The monoisotopic (exact) mass is 397 g/mol. The number of aromatic nitrogens is 5. The van der Waals surface area contributed by atoms with Crippen LogP contribution in [0, 0.1) is 5.82 Å². The van der Waals surface area contributed by atoms with Gasteiger partial charge in [0.25, 0.3) is 0 Å². The SMILES string of the molecule is Cn1cc2c(-c3ccc(O)cc3)c(-c3ccncn3)c(-c3ccc(F)cc3)nc2n1. The fourth-order valence-corrected chi connectivity index (χ4v) is 3.58. The average Bonchev–Trinajstić information content (AvgIpc) is 3.14. The molecule has 5 rings (SSSR count). The van der Waals surface area contributed by atoms with Crippen molar-refractivity contribution in [3.05, 3.63) is 79.1 Å². The van der Waals surface area contributed by atoms with E-state index >= 15 is 0 Å². The smallest absolute Gasteiger partial charge is 0.182 e. The van der Waals surface area contributed by atoms with Crippen molar-refractivity contribution in [2.24, 2.45) is 7.05 Å². The Labute approximate surface area is 171 Å². The molecule has 0 saturated heterocycles. The van der Waals surface area contributed by atoms with Crippen LogP contribution in [0.4, 0.5) is 4.39 Å². The lowest BCUT2D eigenvalue weighted by molar-refractivity contribution is 0.475. The van der Waals surface area contributed by atoms with Crippen LogP contribution >= 0.6 is 0 Å². The molecule has 0 aliphatic rings. The summed E-state index contributed by atoms with van der Waals surface area (Å²) in [6.45, 7) is 0. The normalized spacial score (nSPS) is 11.1. The Balaban J connectivity index is 1.94. The van der Waals surface area contributed by atoms with Gasteiger partial charge in [-0.2, -0.15) is 5.10 Å². The Morgan fingerprint density at radius 3 is 2.33 bits per heavy atom. The molecular formula is C23H16FN5O. The summed E-state index contributed by atoms with van der Waals surface area (Å²) in [6.07, 6.45) is 5.06. The Hall–Kier alpha value is -4.13. The van der Waals surface area contributed by atoms with Crippen LogP contribution in [-0.4, -0.2) is 29.8 Å². The molecule has 5 aromatic rings. The van der Waals surface area contributed by atoms with Gasteiger partial charge in [-0.1, -0.05) is 12.1 Å². The number of hydrogen-bond donors (Lipinski definition) is 1. The first-order chi connectivity index (χ1) is 14.6. The van der Waals surface area contributed by atoms with E-state index < -0.39 is 0 Å². The van der Waals surface area contributed by atoms with E-state index in [1.54, 1.807) is 35.1 Å². The van der Waals surface area contributed by atoms with Gasteiger partial charge < -0.3 is 5.11 Å². The van der Waals surface area contributed by atoms with Crippen LogP contribution in [0.25, 0.3) is 44.7 Å². The predicted octanol–water partition coefficient (Wildman–Crippen LogP) is 4.60. The molecule has 7 heteroatoms. The van der Waals surface area contributed by atoms with Crippen molar-refractivity contribution < 1.29 is 9.50 Å². The van der Waals surface area contributed by atoms with Crippen LogP contribution in [-0.2, 0) is 7.05 Å². The molecule has 0 aliphatic heterocycles. The van der Waals surface area contributed by atoms with Gasteiger partial charge in [0.2, 0.25) is 0 Å². The first-order valence-corrected chi connectivity index (χ1v) is 9.29. The summed E-state index contributed by atoms with van der Waals surface area (Å²) in [4.78, 5) is 13.3. The molecule has 0 fully saturated rings. The lowest BCUT2D eigenvalue weighted by Gasteiger charge is -2.15. The zero-order valence-electron chi connectivity index (χ0n) is 16.0. The van der Waals surface area contributed by atoms with Crippen LogP contribution in [0.5, 0.6) is 5.75 Å². The molecule has 0 atom stereocenters. The standard InChI is InChI=1S/C23H16FN5O/c1-29-12-18-20(14-4-8-17(30)9-5-14)21(19-10-11-25-13-26-19)22(27-23(18)28-29)15-2-6-16(24)7-3-15/h2-13,30H,1H3. The Morgan fingerprint density at radius 1 is 0.900 bits per heavy atom. The van der Waals surface area contributed by atoms with Gasteiger partial charge in [0, 0.05) is 41.5 Å². The van der Waals surface area contributed by atoms with Crippen molar-refractivity contribution >= 4 is 11.0 Å². The number of aryl methyl sites for hydroxylation is 1. The zero-order chi connectivity index (χ0) is 20.7. The molecule has 0 amide bonds. The van der Waals surface area contributed by atoms with Gasteiger partial charge in [-0.15, -0.1) is 0 Å². The van der Waals surface area contributed by atoms with Gasteiger partial charge in [-0.25, -0.2) is 19.3 Å². The van der Waals surface area contributed by atoms with E-state index in [9.17, 15) is 9.50 Å². The van der Waals surface area contributed by atoms with Crippen molar-refractivity contribution in [2.75, 3.05) is 0 Å². The number of nitrogens with zero attached hydrogens (tertiary/aromatic N) is 5. The van der Waals surface area contributed by atoms with Gasteiger partial charge >= 0.3 is 0 Å². The second kappa shape index (κ2) is 7.04. The Morgan fingerprint density at radius 2 is 1.63 bits per heavy atom. The third-order valence-corrected chi connectivity index (χ3v) is 4.89. The molecule has 0 radical (unpaired) electrons. The van der Waals surface area contributed by atoms with Crippen LogP contribution in [0.3, 0.4) is 0 Å². The lowest BCUT2D eigenvalue weighted by atomic mass is 9.91. The van der Waals surface area contributed by atoms with E-state index in [2.05, 4.69) is 15.1 Å². The number of halogens is 1. The molecule has 3 heterocycles. The third kappa shape index (κ3) is 3.06. The summed E-state index contributed by atoms with van der Waals surface area (Å²) in [6, 6.07) is 15.0. The maximum absolute atomic E-state index is 13.6. The highest BCUT2D eigenvalue weighted by molar-refractivity contribution is 6.05. The molecule has 30 heavy (non-hydrogen) atoms. The number of rotatable bonds is 3. The van der Waals surface area contributed by atoms with Crippen molar-refractivity contribution in [1.82, 2.24) is 24.7 Å². The van der Waals surface area contributed by atoms with E-state index in [0.717, 1.165) is 27.6 Å². The Kier molecular flexibility index (Phi) is 4.21. The third-order valence-electron chi connectivity index (χ3n) is 4.89. The maximum atomic E-state index is 13.6. The lowest BCUT2D eigenvalue weighted by Crippen LogP contribution is -1.97. The fraction of sp³-hybridized carbons (Fsp3) is 0.0435. The molecule has 1 N–H and O–H groups in total. The number of fused-ring (bicyclic) bond motifs is 1. The molecule has 146 valence electrons. The van der Waals surface area contributed by atoms with Gasteiger partial charge in [0.05, 0.1) is 11.4 Å². The summed E-state index contributed by atoms with van der Waals surface area (Å²) in [7, 11) is 1.84. The fourth-order valence-electron chi connectivity index (χ4n) is 3.58. The van der Waals surface area contributed by atoms with E-state index in [0.29, 0.717) is 17.0 Å². The van der Waals surface area contributed by atoms with Crippen LogP contribution in [0.2, 0.25) is 0 Å². The van der Waals surface area contributed by atoms with Crippen LogP contribution in [0.15, 0.2) is 73.3 Å². The first-order valence-electron chi connectivity index (χ1n) is 9.29. The second-order valence-corrected chi connectivity index (χ2v) is 6.90. The number of benzene rings is 2. The van der Waals surface area contributed by atoms with Crippen molar-refractivity contribution in [3.8, 4) is 39.4 Å². The van der Waals surface area contributed by atoms with Gasteiger partial charge in [-0.3, -0.25) is 4.68 Å². The first kappa shape index (κ1) is 17.9. The molecule has 0 saturated carbocycles. The number of hydrogen-bond acceptors (Lipinski definition) is 5. The molecule has 3 aromatic heterocycles. The largest absolute Gasteiger partial charge is 0.508 e. The summed E-state index contributed by atoms with van der Waals surface area (Å²) < 4.78 is 15.3. The highest BCUT2D eigenvalue weighted by Crippen LogP contribution is 2.42. The van der Waals surface area contributed by atoms with E-state index in [4.69, 9.17) is 4.98 Å². The van der Waals surface area contributed by atoms with Crippen LogP contribution in [0.1, 0.15) is 0 Å². The number of aromatic hydroxyl groups is 1. The summed E-state index contributed by atoms with van der Waals surface area (Å²) >= 11 is 0.